The number of nitrogens with zero attached hydrogens (tertiary/aromatic N) is 2. The molecule has 1 atom stereocenters. The van der Waals surface area contributed by atoms with E-state index in [1.807, 2.05) is 36.0 Å². The molecule has 2 N–H and O–H groups in total. The van der Waals surface area contributed by atoms with Crippen molar-refractivity contribution in [3.8, 4) is 5.75 Å². The van der Waals surface area contributed by atoms with E-state index < -0.39 is 17.5 Å². The third-order valence-electron chi connectivity index (χ3n) is 7.20. The zero-order valence-corrected chi connectivity index (χ0v) is 22.1. The highest BCUT2D eigenvalue weighted by molar-refractivity contribution is 7.99. The molecule has 8 heteroatoms. The Hall–Kier alpha value is -2.32. The highest BCUT2D eigenvalue weighted by Gasteiger charge is 2.41. The number of methoxy groups -OCH3 is 1. The minimum Gasteiger partial charge on any atom is -0.497 e. The van der Waals surface area contributed by atoms with Gasteiger partial charge in [0.2, 0.25) is 0 Å². The van der Waals surface area contributed by atoms with E-state index in [9.17, 15) is 15.0 Å². The van der Waals surface area contributed by atoms with Gasteiger partial charge in [-0.2, -0.15) is 0 Å². The van der Waals surface area contributed by atoms with E-state index in [-0.39, 0.29) is 0 Å². The number of benzene rings is 2. The van der Waals surface area contributed by atoms with Crippen molar-refractivity contribution in [3.05, 3.63) is 65.3 Å². The first-order chi connectivity index (χ1) is 17.4. The summed E-state index contributed by atoms with van der Waals surface area (Å²) in [7, 11) is 1.58. The largest absolute Gasteiger partial charge is 0.497 e. The van der Waals surface area contributed by atoms with Gasteiger partial charge in [0.05, 0.1) is 29.2 Å². The van der Waals surface area contributed by atoms with Crippen molar-refractivity contribution >= 4 is 40.2 Å². The number of ether oxygens (including phenoxy) is 1. The van der Waals surface area contributed by atoms with Crippen molar-refractivity contribution in [1.82, 2.24) is 9.88 Å². The number of aromatic nitrogens is 1. The Bertz CT molecular complexity index is 1170. The average Bonchev–Trinajstić information content (AvgIpc) is 2.90. The summed E-state index contributed by atoms with van der Waals surface area (Å²) in [5.74, 6) is 0.917. The number of piperidine rings is 1. The summed E-state index contributed by atoms with van der Waals surface area (Å²) in [6, 6.07) is 15.8. The van der Waals surface area contributed by atoms with Crippen LogP contribution in [0, 0.1) is 5.41 Å². The molecule has 192 valence electrons. The van der Waals surface area contributed by atoms with E-state index in [1.165, 1.54) is 11.1 Å². The van der Waals surface area contributed by atoms with Gasteiger partial charge >= 0.3 is 5.97 Å². The summed E-state index contributed by atoms with van der Waals surface area (Å²) in [6.45, 7) is 2.49. The monoisotopic (exact) mass is 528 g/mol. The van der Waals surface area contributed by atoms with Crippen molar-refractivity contribution in [2.24, 2.45) is 5.41 Å². The van der Waals surface area contributed by atoms with Gasteiger partial charge in [0.25, 0.3) is 0 Å². The Balaban J connectivity index is 1.34. The summed E-state index contributed by atoms with van der Waals surface area (Å²) in [5.41, 5.74) is 0.457. The molecular formula is C28H33ClN2O4S. The maximum absolute atomic E-state index is 12.4. The van der Waals surface area contributed by atoms with Gasteiger partial charge in [0.15, 0.2) is 0 Å². The summed E-state index contributed by atoms with van der Waals surface area (Å²) in [4.78, 5) is 20.3. The molecule has 4 rings (SSSR count). The van der Waals surface area contributed by atoms with E-state index in [1.54, 1.807) is 7.11 Å². The molecule has 1 saturated heterocycles. The second-order valence-electron chi connectivity index (χ2n) is 9.40. The van der Waals surface area contributed by atoms with Gasteiger partial charge in [-0.15, -0.1) is 11.8 Å². The van der Waals surface area contributed by atoms with Crippen LogP contribution in [0.25, 0.3) is 10.9 Å². The van der Waals surface area contributed by atoms with Crippen LogP contribution in [-0.2, 0) is 4.79 Å². The van der Waals surface area contributed by atoms with Gasteiger partial charge < -0.3 is 19.8 Å². The molecule has 1 aliphatic rings. The van der Waals surface area contributed by atoms with Crippen LogP contribution in [-0.4, -0.2) is 58.6 Å². The number of carboxylic acid groups (broad SMARTS) is 1. The Morgan fingerprint density at radius 1 is 1.22 bits per heavy atom. The second kappa shape index (κ2) is 12.3. The second-order valence-corrected chi connectivity index (χ2v) is 11.0. The number of thioether (sulfide) groups is 1. The normalized spacial score (nSPS) is 16.6. The fourth-order valence-electron chi connectivity index (χ4n) is 4.96. The lowest BCUT2D eigenvalue weighted by Crippen LogP contribution is -2.44. The fourth-order valence-corrected chi connectivity index (χ4v) is 6.10. The number of pyridine rings is 1. The number of aliphatic hydroxyl groups excluding tert-OH is 1. The molecule has 0 aliphatic carbocycles. The van der Waals surface area contributed by atoms with Crippen molar-refractivity contribution < 1.29 is 19.7 Å². The number of aliphatic hydroxyl groups is 1. The van der Waals surface area contributed by atoms with Gasteiger partial charge in [-0.1, -0.05) is 29.8 Å². The van der Waals surface area contributed by atoms with E-state index in [0.717, 1.165) is 37.2 Å². The molecule has 0 amide bonds. The Morgan fingerprint density at radius 3 is 2.67 bits per heavy atom. The fraction of sp³-hybridized carbons (Fsp3) is 0.429. The van der Waals surface area contributed by atoms with Gasteiger partial charge in [-0.05, 0) is 87.8 Å². The minimum absolute atomic E-state index is 0.316. The van der Waals surface area contributed by atoms with Crippen LogP contribution in [0.2, 0.25) is 5.02 Å². The smallest absolute Gasteiger partial charge is 0.309 e. The Morgan fingerprint density at radius 2 is 1.97 bits per heavy atom. The highest BCUT2D eigenvalue weighted by Crippen LogP contribution is 2.41. The molecule has 2 heterocycles. The van der Waals surface area contributed by atoms with Crippen LogP contribution < -0.4 is 4.74 Å². The number of hydrogen-bond acceptors (Lipinski definition) is 6. The molecular weight excluding hydrogens is 496 g/mol. The number of rotatable bonds is 11. The molecule has 6 nitrogen and oxygen atoms in total. The molecule has 1 aromatic heterocycles. The number of aliphatic carboxylic acids is 1. The van der Waals surface area contributed by atoms with Gasteiger partial charge in [0, 0.05) is 22.0 Å². The molecule has 0 radical (unpaired) electrons. The third kappa shape index (κ3) is 6.32. The average molecular weight is 529 g/mol. The first kappa shape index (κ1) is 26.7. The Labute approximate surface area is 221 Å². The molecule has 36 heavy (non-hydrogen) atoms. The van der Waals surface area contributed by atoms with Crippen LogP contribution in [0.5, 0.6) is 5.75 Å². The molecule has 2 aromatic carbocycles. The zero-order valence-electron chi connectivity index (χ0n) is 20.5. The predicted molar refractivity (Wildman–Crippen MR) is 145 cm³/mol. The zero-order chi connectivity index (χ0) is 25.5. The number of fused-ring (bicyclic) bond motifs is 1. The third-order valence-corrected chi connectivity index (χ3v) is 8.59. The molecule has 1 fully saturated rings. The van der Waals surface area contributed by atoms with E-state index in [2.05, 4.69) is 34.1 Å². The molecule has 0 spiro atoms. The van der Waals surface area contributed by atoms with Gasteiger partial charge in [-0.3, -0.25) is 9.78 Å². The van der Waals surface area contributed by atoms with Gasteiger partial charge in [0.1, 0.15) is 5.75 Å². The lowest BCUT2D eigenvalue weighted by atomic mass is 9.74. The maximum Gasteiger partial charge on any atom is 0.309 e. The Kier molecular flexibility index (Phi) is 9.12. The molecule has 1 aliphatic heterocycles. The summed E-state index contributed by atoms with van der Waals surface area (Å²) >= 11 is 8.30. The number of halogens is 1. The van der Waals surface area contributed by atoms with Crippen molar-refractivity contribution in [2.45, 2.75) is 43.1 Å². The number of hydrogen-bond donors (Lipinski definition) is 2. The molecule has 1 unspecified atom stereocenters. The summed E-state index contributed by atoms with van der Waals surface area (Å²) < 4.78 is 5.33. The lowest BCUT2D eigenvalue weighted by Gasteiger charge is -2.39. The summed E-state index contributed by atoms with van der Waals surface area (Å²) in [5, 5.41) is 22.4. The van der Waals surface area contributed by atoms with Crippen LogP contribution in [0.3, 0.4) is 0 Å². The van der Waals surface area contributed by atoms with Crippen molar-refractivity contribution in [1.29, 1.82) is 0 Å². The van der Waals surface area contributed by atoms with Crippen molar-refractivity contribution in [3.63, 3.8) is 0 Å². The quantitative estimate of drug-likeness (QED) is 0.231. The summed E-state index contributed by atoms with van der Waals surface area (Å²) in [6.07, 6.45) is 3.59. The van der Waals surface area contributed by atoms with Crippen LogP contribution >= 0.6 is 23.4 Å². The SMILES string of the molecule is COc1ccc2ncc(Cl)c(C(O)CCC3(C(=O)O)CCN(CCCSc4ccccc4)CC3)c2c1. The van der Waals surface area contributed by atoms with Crippen LogP contribution in [0.1, 0.15) is 43.8 Å². The highest BCUT2D eigenvalue weighted by atomic mass is 35.5. The standard InChI is InChI=1S/C28H33ClN2O4S/c1-35-20-8-9-24-22(18-20)26(23(29)19-30-24)25(32)10-11-28(27(33)34)12-15-31(16-13-28)14-5-17-36-21-6-3-2-4-7-21/h2-4,6-9,18-19,25,32H,5,10-17H2,1H3,(H,33,34). The topological polar surface area (TPSA) is 82.9 Å². The molecule has 3 aromatic rings. The van der Waals surface area contributed by atoms with Crippen LogP contribution in [0.15, 0.2) is 59.6 Å². The lowest BCUT2D eigenvalue weighted by molar-refractivity contribution is -0.153. The van der Waals surface area contributed by atoms with E-state index in [0.29, 0.717) is 47.5 Å². The number of carbonyl (C=O) groups is 1. The predicted octanol–water partition coefficient (Wildman–Crippen LogP) is 6.06. The molecule has 0 bridgehead atoms. The van der Waals surface area contributed by atoms with E-state index >= 15 is 0 Å². The minimum atomic E-state index is -0.889. The van der Waals surface area contributed by atoms with Crippen LogP contribution in [0.4, 0.5) is 0 Å². The number of likely N-dealkylation sites (tertiary alicyclic amines) is 1. The first-order valence-corrected chi connectivity index (χ1v) is 13.7. The first-order valence-electron chi connectivity index (χ1n) is 12.4. The number of carboxylic acids is 1. The molecule has 0 saturated carbocycles. The maximum atomic E-state index is 12.4. The van der Waals surface area contributed by atoms with Gasteiger partial charge in [-0.25, -0.2) is 0 Å². The van der Waals surface area contributed by atoms with Crippen molar-refractivity contribution in [2.75, 3.05) is 32.5 Å². The van der Waals surface area contributed by atoms with E-state index in [4.69, 9.17) is 16.3 Å².